The van der Waals surface area contributed by atoms with Crippen molar-refractivity contribution in [1.29, 1.82) is 0 Å². The van der Waals surface area contributed by atoms with Crippen molar-refractivity contribution in [3.8, 4) is 0 Å². The maximum absolute atomic E-state index is 10.3. The summed E-state index contributed by atoms with van der Waals surface area (Å²) < 4.78 is 0. The van der Waals surface area contributed by atoms with Crippen molar-refractivity contribution in [2.75, 3.05) is 0 Å². The summed E-state index contributed by atoms with van der Waals surface area (Å²) in [5.74, 6) is -0.577. The molecular weight excluding hydrogens is 144 g/mol. The van der Waals surface area contributed by atoms with E-state index in [1.807, 2.05) is 13.8 Å². The molecule has 0 aliphatic carbocycles. The second-order valence-electron chi connectivity index (χ2n) is 3.00. The van der Waals surface area contributed by atoms with E-state index in [-0.39, 0.29) is 18.3 Å². The largest absolute Gasteiger partial charge is 0.481 e. The number of carbonyl (C=O) groups excluding carboxylic acids is 1. The predicted octanol–water partition coefficient (Wildman–Crippen LogP) is 1.32. The number of aldehydes is 1. The third kappa shape index (κ3) is 4.53. The predicted molar refractivity (Wildman–Crippen MR) is 41.3 cm³/mol. The molecule has 3 nitrogen and oxygen atoms in total. The maximum Gasteiger partial charge on any atom is 0.303 e. The van der Waals surface area contributed by atoms with E-state index in [0.717, 1.165) is 6.29 Å². The summed E-state index contributed by atoms with van der Waals surface area (Å²) in [4.78, 5) is 20.4. The highest BCUT2D eigenvalue weighted by Gasteiger charge is 2.15. The van der Waals surface area contributed by atoms with Crippen LogP contribution < -0.4 is 0 Å². The average Bonchev–Trinajstić information content (AvgIpc) is 1.86. The van der Waals surface area contributed by atoms with Gasteiger partial charge in [-0.1, -0.05) is 13.8 Å². The number of aliphatic carboxylic acids is 1. The quantitative estimate of drug-likeness (QED) is 0.614. The molecule has 0 saturated carbocycles. The Hall–Kier alpha value is -0.860. The van der Waals surface area contributed by atoms with Crippen LogP contribution in [0.4, 0.5) is 0 Å². The van der Waals surface area contributed by atoms with Gasteiger partial charge in [-0.05, 0) is 11.8 Å². The zero-order valence-corrected chi connectivity index (χ0v) is 6.91. The molecule has 0 heterocycles. The van der Waals surface area contributed by atoms with Gasteiger partial charge in [0.1, 0.15) is 6.29 Å². The first-order valence-electron chi connectivity index (χ1n) is 3.73. The van der Waals surface area contributed by atoms with Gasteiger partial charge in [-0.25, -0.2) is 0 Å². The van der Waals surface area contributed by atoms with E-state index in [9.17, 15) is 9.59 Å². The molecule has 0 aromatic rings. The topological polar surface area (TPSA) is 54.4 Å². The van der Waals surface area contributed by atoms with E-state index in [2.05, 4.69) is 0 Å². The Balaban J connectivity index is 3.88. The SMILES string of the molecule is CC(C)[C@@H](CC=O)CC(=O)O. The van der Waals surface area contributed by atoms with Gasteiger partial charge in [0.15, 0.2) is 0 Å². The van der Waals surface area contributed by atoms with Crippen molar-refractivity contribution >= 4 is 12.3 Å². The van der Waals surface area contributed by atoms with E-state index in [1.54, 1.807) is 0 Å². The Bertz CT molecular complexity index is 140. The van der Waals surface area contributed by atoms with Crippen LogP contribution >= 0.6 is 0 Å². The lowest BCUT2D eigenvalue weighted by atomic mass is 9.90. The van der Waals surface area contributed by atoms with Crippen LogP contribution in [0.2, 0.25) is 0 Å². The van der Waals surface area contributed by atoms with Crippen molar-refractivity contribution in [2.24, 2.45) is 11.8 Å². The lowest BCUT2D eigenvalue weighted by Crippen LogP contribution is -2.14. The van der Waals surface area contributed by atoms with E-state index in [1.165, 1.54) is 0 Å². The highest BCUT2D eigenvalue weighted by atomic mass is 16.4. The molecule has 0 fully saturated rings. The van der Waals surface area contributed by atoms with Gasteiger partial charge in [0.2, 0.25) is 0 Å². The fourth-order valence-electron chi connectivity index (χ4n) is 0.939. The molecule has 0 aliphatic rings. The molecule has 64 valence electrons. The first-order chi connectivity index (χ1) is 5.07. The molecule has 0 unspecified atom stereocenters. The lowest BCUT2D eigenvalue weighted by molar-refractivity contribution is -0.138. The molecular formula is C8H14O3. The number of carboxylic acid groups (broad SMARTS) is 1. The maximum atomic E-state index is 10.3. The van der Waals surface area contributed by atoms with Crippen LogP contribution in [0.5, 0.6) is 0 Å². The molecule has 0 rings (SSSR count). The van der Waals surface area contributed by atoms with E-state index in [0.29, 0.717) is 6.42 Å². The van der Waals surface area contributed by atoms with Gasteiger partial charge < -0.3 is 9.90 Å². The molecule has 0 aliphatic heterocycles. The molecule has 0 aromatic heterocycles. The van der Waals surface area contributed by atoms with Crippen molar-refractivity contribution in [2.45, 2.75) is 26.7 Å². The van der Waals surface area contributed by atoms with E-state index < -0.39 is 5.97 Å². The van der Waals surface area contributed by atoms with Crippen LogP contribution in [-0.4, -0.2) is 17.4 Å². The first-order valence-corrected chi connectivity index (χ1v) is 3.73. The molecule has 0 saturated heterocycles. The summed E-state index contributed by atoms with van der Waals surface area (Å²) in [6.45, 7) is 3.86. The second kappa shape index (κ2) is 4.88. The summed E-state index contributed by atoms with van der Waals surface area (Å²) in [6, 6.07) is 0. The minimum atomic E-state index is -0.828. The summed E-state index contributed by atoms with van der Waals surface area (Å²) in [7, 11) is 0. The fraction of sp³-hybridized carbons (Fsp3) is 0.750. The smallest absolute Gasteiger partial charge is 0.303 e. The summed E-state index contributed by atoms with van der Waals surface area (Å²) in [5.41, 5.74) is 0. The number of hydrogen-bond acceptors (Lipinski definition) is 2. The summed E-state index contributed by atoms with van der Waals surface area (Å²) in [6.07, 6.45) is 1.23. The highest BCUT2D eigenvalue weighted by molar-refractivity contribution is 5.67. The lowest BCUT2D eigenvalue weighted by Gasteiger charge is -2.14. The summed E-state index contributed by atoms with van der Waals surface area (Å²) >= 11 is 0. The normalized spacial score (nSPS) is 13.0. The van der Waals surface area contributed by atoms with Crippen molar-refractivity contribution in [3.63, 3.8) is 0 Å². The third-order valence-electron chi connectivity index (χ3n) is 1.78. The van der Waals surface area contributed by atoms with E-state index in [4.69, 9.17) is 5.11 Å². The average molecular weight is 158 g/mol. The molecule has 0 aromatic carbocycles. The summed E-state index contributed by atoms with van der Waals surface area (Å²) in [5, 5.41) is 8.44. The minimum absolute atomic E-state index is 0.00926. The standard InChI is InChI=1S/C8H14O3/c1-6(2)7(3-4-9)5-8(10)11/h4,6-7H,3,5H2,1-2H3,(H,10,11)/t7-/m0/s1. The molecule has 1 atom stereocenters. The van der Waals surface area contributed by atoms with Gasteiger partial charge in [-0.3, -0.25) is 4.79 Å². The van der Waals surface area contributed by atoms with Crippen LogP contribution in [0, 0.1) is 11.8 Å². The number of hydrogen-bond donors (Lipinski definition) is 1. The van der Waals surface area contributed by atoms with Crippen molar-refractivity contribution in [1.82, 2.24) is 0 Å². The first kappa shape index (κ1) is 10.1. The third-order valence-corrected chi connectivity index (χ3v) is 1.78. The zero-order valence-electron chi connectivity index (χ0n) is 6.91. The van der Waals surface area contributed by atoms with Gasteiger partial charge in [0, 0.05) is 12.8 Å². The molecule has 3 heteroatoms. The monoisotopic (exact) mass is 158 g/mol. The van der Waals surface area contributed by atoms with Crippen molar-refractivity contribution < 1.29 is 14.7 Å². The Morgan fingerprint density at radius 2 is 2.09 bits per heavy atom. The van der Waals surface area contributed by atoms with Crippen molar-refractivity contribution in [3.05, 3.63) is 0 Å². The Kier molecular flexibility index (Phi) is 4.50. The molecule has 0 amide bonds. The van der Waals surface area contributed by atoms with Gasteiger partial charge in [0.05, 0.1) is 0 Å². The van der Waals surface area contributed by atoms with E-state index >= 15 is 0 Å². The molecule has 1 N–H and O–H groups in total. The molecule has 0 radical (unpaired) electrons. The Labute approximate surface area is 66.4 Å². The molecule has 11 heavy (non-hydrogen) atoms. The van der Waals surface area contributed by atoms with Crippen LogP contribution in [0.15, 0.2) is 0 Å². The molecule has 0 bridgehead atoms. The van der Waals surface area contributed by atoms with Crippen LogP contribution in [0.3, 0.4) is 0 Å². The van der Waals surface area contributed by atoms with Gasteiger partial charge in [-0.15, -0.1) is 0 Å². The Morgan fingerprint density at radius 3 is 2.36 bits per heavy atom. The number of rotatable bonds is 5. The van der Waals surface area contributed by atoms with Gasteiger partial charge in [-0.2, -0.15) is 0 Å². The highest BCUT2D eigenvalue weighted by Crippen LogP contribution is 2.17. The number of carbonyl (C=O) groups is 2. The molecule has 0 spiro atoms. The van der Waals surface area contributed by atoms with Crippen LogP contribution in [-0.2, 0) is 9.59 Å². The fourth-order valence-corrected chi connectivity index (χ4v) is 0.939. The minimum Gasteiger partial charge on any atom is -0.481 e. The van der Waals surface area contributed by atoms with Gasteiger partial charge in [0.25, 0.3) is 0 Å². The van der Waals surface area contributed by atoms with Crippen LogP contribution in [0.25, 0.3) is 0 Å². The van der Waals surface area contributed by atoms with Crippen LogP contribution in [0.1, 0.15) is 26.7 Å². The van der Waals surface area contributed by atoms with Gasteiger partial charge >= 0.3 is 5.97 Å². The number of carboxylic acids is 1. The second-order valence-corrected chi connectivity index (χ2v) is 3.00. The zero-order chi connectivity index (χ0) is 8.85. The Morgan fingerprint density at radius 1 is 1.55 bits per heavy atom.